The maximum absolute atomic E-state index is 15.3. The standard InChI is InChI=1S/C41H58N6O13/c1-15-56-28(48)20-25-21-45-32(44-34(51)58-38(5,6)7)46(35(52)59-39(8,9)10)27(23-55-22-24-16-18-26(54-14)19-17-24)29-41(45,30(25)49)47(36(53)60-40(11,12)13)31(42-29)43-33(50)57-37(2,3)4/h16-20,27,29H,15,21-23H2,1-14H3,(H,42,43,50)/b25-20+,44-32+/t27-,29-,41+/m0/s1. The molecule has 4 rings (SSSR count). The summed E-state index contributed by atoms with van der Waals surface area (Å²) in [5.74, 6) is -2.21. The number of rotatable bonds is 7. The number of amides is 4. The van der Waals surface area contributed by atoms with Crippen molar-refractivity contribution >= 4 is 48.0 Å². The first-order chi connectivity index (χ1) is 27.6. The number of aliphatic imine (C=N–C) groups is 2. The van der Waals surface area contributed by atoms with E-state index in [-0.39, 0.29) is 18.8 Å². The van der Waals surface area contributed by atoms with E-state index in [1.807, 2.05) is 0 Å². The van der Waals surface area contributed by atoms with Gasteiger partial charge in [0.15, 0.2) is 0 Å². The Bertz CT molecular complexity index is 1930. The number of benzene rings is 1. The average Bonchev–Trinajstić information content (AvgIpc) is 3.55. The van der Waals surface area contributed by atoms with Crippen molar-refractivity contribution in [2.75, 3.05) is 26.9 Å². The molecular formula is C41H58N6O13. The summed E-state index contributed by atoms with van der Waals surface area (Å²) < 4.78 is 39.5. The van der Waals surface area contributed by atoms with Crippen LogP contribution >= 0.6 is 0 Å². The third-order valence-corrected chi connectivity index (χ3v) is 8.40. The summed E-state index contributed by atoms with van der Waals surface area (Å²) in [4.78, 5) is 96.9. The Kier molecular flexibility index (Phi) is 13.7. The topological polar surface area (TPSA) is 213 Å². The van der Waals surface area contributed by atoms with E-state index >= 15 is 4.79 Å². The highest BCUT2D eigenvalue weighted by Gasteiger charge is 2.73. The summed E-state index contributed by atoms with van der Waals surface area (Å²) in [5, 5.41) is 2.50. The van der Waals surface area contributed by atoms with Crippen LogP contribution in [0.5, 0.6) is 5.75 Å². The smallest absolute Gasteiger partial charge is 0.437 e. The fourth-order valence-electron chi connectivity index (χ4n) is 6.46. The molecule has 60 heavy (non-hydrogen) atoms. The van der Waals surface area contributed by atoms with E-state index < -0.39 is 101 Å². The molecule has 1 N–H and O–H groups in total. The largest absolute Gasteiger partial charge is 0.497 e. The Morgan fingerprint density at radius 1 is 0.850 bits per heavy atom. The number of ether oxygens (including phenoxy) is 7. The summed E-state index contributed by atoms with van der Waals surface area (Å²) in [6.45, 7) is 19.9. The number of alkyl carbamates (subject to hydrolysis) is 1. The van der Waals surface area contributed by atoms with Gasteiger partial charge in [0, 0.05) is 11.6 Å². The number of methoxy groups -OCH3 is 1. The fraction of sp³-hybridized carbons (Fsp3) is 0.610. The van der Waals surface area contributed by atoms with Crippen molar-refractivity contribution in [3.63, 3.8) is 0 Å². The van der Waals surface area contributed by atoms with Crippen molar-refractivity contribution < 1.29 is 61.9 Å². The third kappa shape index (κ3) is 11.1. The summed E-state index contributed by atoms with van der Waals surface area (Å²) in [6, 6.07) is 4.00. The molecule has 330 valence electrons. The molecule has 1 aromatic carbocycles. The normalized spacial score (nSPS) is 21.9. The van der Waals surface area contributed by atoms with Crippen molar-refractivity contribution in [2.24, 2.45) is 9.98 Å². The van der Waals surface area contributed by atoms with Gasteiger partial charge >= 0.3 is 30.3 Å². The lowest BCUT2D eigenvalue weighted by Crippen LogP contribution is -2.79. The summed E-state index contributed by atoms with van der Waals surface area (Å²) in [5.41, 5.74) is -6.33. The minimum atomic E-state index is -2.42. The van der Waals surface area contributed by atoms with Crippen LogP contribution in [0.2, 0.25) is 0 Å². The number of carbonyl (C=O) groups excluding carboxylic acids is 6. The number of Topliss-reactive ketones (excluding diaryl/α,β-unsaturated/α-hetero) is 1. The molecule has 0 aromatic heterocycles. The highest BCUT2D eigenvalue weighted by Crippen LogP contribution is 2.48. The number of carbonyl (C=O) groups is 6. The van der Waals surface area contributed by atoms with E-state index in [1.54, 1.807) is 114 Å². The molecule has 0 bridgehead atoms. The van der Waals surface area contributed by atoms with Gasteiger partial charge in [-0.15, -0.1) is 4.99 Å². The van der Waals surface area contributed by atoms with Gasteiger partial charge in [0.25, 0.3) is 0 Å². The second-order valence-electron chi connectivity index (χ2n) is 18.1. The molecule has 2 fully saturated rings. The maximum Gasteiger partial charge on any atom is 0.437 e. The molecule has 3 aliphatic heterocycles. The van der Waals surface area contributed by atoms with E-state index in [9.17, 15) is 24.0 Å². The van der Waals surface area contributed by atoms with Crippen LogP contribution in [0, 0.1) is 0 Å². The van der Waals surface area contributed by atoms with E-state index in [0.29, 0.717) is 11.3 Å². The Hall–Kier alpha value is -5.72. The van der Waals surface area contributed by atoms with E-state index in [0.717, 1.165) is 20.8 Å². The molecule has 19 heteroatoms. The second-order valence-corrected chi connectivity index (χ2v) is 18.1. The number of nitrogens with zero attached hydrogens (tertiary/aromatic N) is 5. The van der Waals surface area contributed by atoms with Gasteiger partial charge in [0.2, 0.25) is 23.4 Å². The molecule has 4 amide bonds. The second kappa shape index (κ2) is 17.5. The lowest BCUT2D eigenvalue weighted by molar-refractivity contribution is -0.138. The van der Waals surface area contributed by atoms with Gasteiger partial charge in [-0.2, -0.15) is 0 Å². The predicted molar refractivity (Wildman–Crippen MR) is 216 cm³/mol. The van der Waals surface area contributed by atoms with Gasteiger partial charge in [-0.3, -0.25) is 10.1 Å². The molecule has 0 radical (unpaired) electrons. The monoisotopic (exact) mass is 842 g/mol. The van der Waals surface area contributed by atoms with Crippen LogP contribution in [-0.4, -0.2) is 130 Å². The number of nitrogens with one attached hydrogen (secondary N) is 1. The molecule has 2 saturated heterocycles. The van der Waals surface area contributed by atoms with Crippen molar-refractivity contribution in [3.8, 4) is 5.75 Å². The summed E-state index contributed by atoms with van der Waals surface area (Å²) in [7, 11) is 1.53. The first-order valence-electron chi connectivity index (χ1n) is 19.5. The third-order valence-electron chi connectivity index (χ3n) is 8.40. The van der Waals surface area contributed by atoms with E-state index in [1.165, 1.54) is 7.11 Å². The van der Waals surface area contributed by atoms with Crippen LogP contribution in [0.4, 0.5) is 19.2 Å². The number of hydrogen-bond acceptors (Lipinski definition) is 14. The minimum absolute atomic E-state index is 0.0310. The minimum Gasteiger partial charge on any atom is -0.497 e. The van der Waals surface area contributed by atoms with Gasteiger partial charge in [0.05, 0.1) is 39.5 Å². The van der Waals surface area contributed by atoms with Crippen molar-refractivity contribution in [1.29, 1.82) is 0 Å². The fourth-order valence-corrected chi connectivity index (χ4v) is 6.46. The van der Waals surface area contributed by atoms with Crippen molar-refractivity contribution in [3.05, 3.63) is 41.5 Å². The molecule has 1 aromatic rings. The maximum atomic E-state index is 15.3. The Balaban J connectivity index is 2.09. The summed E-state index contributed by atoms with van der Waals surface area (Å²) in [6.07, 6.45) is -3.50. The lowest BCUT2D eigenvalue weighted by Gasteiger charge is -2.52. The molecule has 0 aliphatic carbocycles. The molecule has 0 unspecified atom stereocenters. The quantitative estimate of drug-likeness (QED) is 0.198. The Labute approximate surface area is 350 Å². The Morgan fingerprint density at radius 2 is 1.42 bits per heavy atom. The molecule has 3 heterocycles. The van der Waals surface area contributed by atoms with Crippen LogP contribution < -0.4 is 10.1 Å². The van der Waals surface area contributed by atoms with Crippen LogP contribution in [0.15, 0.2) is 45.9 Å². The number of guanidine groups is 2. The first kappa shape index (κ1) is 47.0. The zero-order chi connectivity index (χ0) is 45.2. The summed E-state index contributed by atoms with van der Waals surface area (Å²) >= 11 is 0. The van der Waals surface area contributed by atoms with Crippen LogP contribution in [0.3, 0.4) is 0 Å². The average molecular weight is 843 g/mol. The number of ketones is 1. The van der Waals surface area contributed by atoms with Gasteiger partial charge in [-0.1, -0.05) is 12.1 Å². The first-order valence-corrected chi connectivity index (χ1v) is 19.5. The lowest BCUT2D eigenvalue weighted by atomic mass is 9.86. The van der Waals surface area contributed by atoms with E-state index in [2.05, 4.69) is 10.3 Å². The molecule has 3 atom stereocenters. The van der Waals surface area contributed by atoms with Gasteiger partial charge in [0.1, 0.15) is 34.2 Å². The highest BCUT2D eigenvalue weighted by molar-refractivity contribution is 6.19. The van der Waals surface area contributed by atoms with Crippen LogP contribution in [0.25, 0.3) is 0 Å². The van der Waals surface area contributed by atoms with E-state index in [4.69, 9.17) is 38.2 Å². The molecule has 1 spiro atoms. The zero-order valence-electron chi connectivity index (χ0n) is 36.9. The molecule has 19 nitrogen and oxygen atoms in total. The van der Waals surface area contributed by atoms with Crippen LogP contribution in [-0.2, 0) is 44.6 Å². The highest BCUT2D eigenvalue weighted by atomic mass is 16.6. The SMILES string of the molecule is CCOC(=O)/C=C1\CN2/C(=N\C(=O)OC(C)(C)C)N(C(=O)OC(C)(C)C)[C@@H](COCc3ccc(OC)cc3)[C@@H]3N=C(NC(=O)OC(C)(C)C)N(C(=O)OC(C)(C)C)[C@@]32C1=O. The van der Waals surface area contributed by atoms with Crippen molar-refractivity contribution in [2.45, 2.75) is 137 Å². The molecule has 0 saturated carbocycles. The van der Waals surface area contributed by atoms with Gasteiger partial charge in [-0.25, -0.2) is 38.8 Å². The van der Waals surface area contributed by atoms with Crippen LogP contribution in [0.1, 0.15) is 95.6 Å². The zero-order valence-corrected chi connectivity index (χ0v) is 36.9. The van der Waals surface area contributed by atoms with Gasteiger partial charge in [-0.05, 0) is 108 Å². The molecule has 3 aliphatic rings. The van der Waals surface area contributed by atoms with Crippen molar-refractivity contribution in [1.82, 2.24) is 20.0 Å². The number of hydrogen-bond donors (Lipinski definition) is 1. The predicted octanol–water partition coefficient (Wildman–Crippen LogP) is 5.69. The number of esters is 1. The molecular weight excluding hydrogens is 784 g/mol. The van der Waals surface area contributed by atoms with Gasteiger partial charge < -0.3 is 38.1 Å². The Morgan fingerprint density at radius 3 is 1.95 bits per heavy atom.